The monoisotopic (exact) mass is 331 g/mol. The van der Waals surface area contributed by atoms with E-state index in [0.717, 1.165) is 25.7 Å². The van der Waals surface area contributed by atoms with Gasteiger partial charge in [-0.1, -0.05) is 19.3 Å². The minimum absolute atomic E-state index is 0.121. The lowest BCUT2D eigenvalue weighted by atomic mass is 9.96. The zero-order chi connectivity index (χ0) is 15.3. The number of nitrogens with zero attached hydrogens (tertiary/aromatic N) is 1. The number of hydrogen-bond donors (Lipinski definition) is 0. The number of halogens is 1. The van der Waals surface area contributed by atoms with Crippen LogP contribution in [-0.4, -0.2) is 38.3 Å². The minimum atomic E-state index is -3.42. The molecule has 6 heteroatoms. The molecule has 0 heterocycles. The number of ether oxygens (including phenoxy) is 1. The lowest BCUT2D eigenvalue weighted by Crippen LogP contribution is -2.38. The highest BCUT2D eigenvalue weighted by Crippen LogP contribution is 2.27. The molecule has 0 bridgehead atoms. The molecule has 1 saturated carbocycles. The second-order valence-electron chi connectivity index (χ2n) is 5.32. The molecule has 21 heavy (non-hydrogen) atoms. The van der Waals surface area contributed by atoms with Crippen molar-refractivity contribution in [3.05, 3.63) is 24.3 Å². The van der Waals surface area contributed by atoms with Crippen molar-refractivity contribution in [2.45, 2.75) is 43.0 Å². The molecule has 0 saturated heterocycles. The van der Waals surface area contributed by atoms with Crippen LogP contribution in [0.2, 0.25) is 0 Å². The van der Waals surface area contributed by atoms with E-state index in [9.17, 15) is 8.42 Å². The van der Waals surface area contributed by atoms with E-state index >= 15 is 0 Å². The van der Waals surface area contributed by atoms with Crippen LogP contribution in [0.15, 0.2) is 29.2 Å². The van der Waals surface area contributed by atoms with Crippen molar-refractivity contribution in [3.63, 3.8) is 0 Å². The van der Waals surface area contributed by atoms with Crippen LogP contribution in [-0.2, 0) is 10.0 Å². The highest BCUT2D eigenvalue weighted by Gasteiger charge is 2.28. The quantitative estimate of drug-likeness (QED) is 0.752. The predicted molar refractivity (Wildman–Crippen MR) is 84.5 cm³/mol. The van der Waals surface area contributed by atoms with E-state index in [0.29, 0.717) is 23.1 Å². The lowest BCUT2D eigenvalue weighted by molar-refractivity contribution is 0.286. The average molecular weight is 332 g/mol. The smallest absolute Gasteiger partial charge is 0.243 e. The summed E-state index contributed by atoms with van der Waals surface area (Å²) in [5.74, 6) is 1.04. The zero-order valence-electron chi connectivity index (χ0n) is 12.3. The Hall–Kier alpha value is -0.780. The van der Waals surface area contributed by atoms with Gasteiger partial charge in [0.1, 0.15) is 12.4 Å². The second-order valence-corrected chi connectivity index (χ2v) is 7.70. The van der Waals surface area contributed by atoms with E-state index < -0.39 is 10.0 Å². The SMILES string of the molecule is CN(C1CCCCC1)S(=O)(=O)c1ccc(OCCCl)cc1. The van der Waals surface area contributed by atoms with E-state index in [1.165, 1.54) is 10.7 Å². The molecule has 1 aliphatic rings. The Kier molecular flexibility index (Phi) is 5.90. The van der Waals surface area contributed by atoms with Crippen molar-refractivity contribution in [2.24, 2.45) is 0 Å². The molecule has 1 aromatic carbocycles. The minimum Gasteiger partial charge on any atom is -0.492 e. The molecule has 0 atom stereocenters. The van der Waals surface area contributed by atoms with Gasteiger partial charge < -0.3 is 4.74 Å². The summed E-state index contributed by atoms with van der Waals surface area (Å²) in [6, 6.07) is 6.66. The van der Waals surface area contributed by atoms with Crippen LogP contribution in [0.4, 0.5) is 0 Å². The Bertz CT molecular complexity index is 539. The predicted octanol–water partition coefficient (Wildman–Crippen LogP) is 3.26. The number of rotatable bonds is 6. The molecular weight excluding hydrogens is 310 g/mol. The molecule has 0 amide bonds. The summed E-state index contributed by atoms with van der Waals surface area (Å²) in [6.45, 7) is 0.412. The van der Waals surface area contributed by atoms with Gasteiger partial charge in [0.2, 0.25) is 10.0 Å². The van der Waals surface area contributed by atoms with Gasteiger partial charge in [-0.3, -0.25) is 0 Å². The van der Waals surface area contributed by atoms with E-state index in [1.54, 1.807) is 31.3 Å². The summed E-state index contributed by atoms with van der Waals surface area (Å²) in [5, 5.41) is 0. The first-order valence-corrected chi connectivity index (χ1v) is 9.30. The highest BCUT2D eigenvalue weighted by atomic mass is 35.5. The van der Waals surface area contributed by atoms with E-state index in [-0.39, 0.29) is 6.04 Å². The van der Waals surface area contributed by atoms with Gasteiger partial charge in [0, 0.05) is 13.1 Å². The number of alkyl halides is 1. The van der Waals surface area contributed by atoms with Crippen LogP contribution >= 0.6 is 11.6 Å². The molecule has 0 N–H and O–H groups in total. The van der Waals surface area contributed by atoms with Crippen LogP contribution in [0.3, 0.4) is 0 Å². The Morgan fingerprint density at radius 2 is 1.81 bits per heavy atom. The van der Waals surface area contributed by atoms with Crippen molar-refractivity contribution < 1.29 is 13.2 Å². The first kappa shape index (κ1) is 16.6. The molecule has 0 radical (unpaired) electrons. The number of hydrogen-bond acceptors (Lipinski definition) is 3. The summed E-state index contributed by atoms with van der Waals surface area (Å²) < 4.78 is 32.1. The first-order valence-electron chi connectivity index (χ1n) is 7.32. The molecule has 1 fully saturated rings. The fraction of sp³-hybridized carbons (Fsp3) is 0.600. The van der Waals surface area contributed by atoms with Crippen molar-refractivity contribution >= 4 is 21.6 Å². The molecule has 1 aliphatic carbocycles. The standard InChI is InChI=1S/C15H22ClNO3S/c1-17(13-5-3-2-4-6-13)21(18,19)15-9-7-14(8-10-15)20-12-11-16/h7-10,13H,2-6,11-12H2,1H3. The zero-order valence-corrected chi connectivity index (χ0v) is 13.9. The largest absolute Gasteiger partial charge is 0.492 e. The van der Waals surface area contributed by atoms with Gasteiger partial charge in [-0.25, -0.2) is 8.42 Å². The normalized spacial score (nSPS) is 17.1. The summed E-state index contributed by atoms with van der Waals surface area (Å²) in [7, 11) is -1.74. The number of sulfonamides is 1. The lowest BCUT2D eigenvalue weighted by Gasteiger charge is -2.30. The maximum Gasteiger partial charge on any atom is 0.243 e. The van der Waals surface area contributed by atoms with Gasteiger partial charge in [0.05, 0.1) is 10.8 Å². The average Bonchev–Trinajstić information content (AvgIpc) is 2.53. The molecule has 0 aliphatic heterocycles. The van der Waals surface area contributed by atoms with E-state index in [1.807, 2.05) is 0 Å². The third kappa shape index (κ3) is 4.11. The molecular formula is C15H22ClNO3S. The van der Waals surface area contributed by atoms with Crippen LogP contribution in [0.5, 0.6) is 5.75 Å². The fourth-order valence-corrected chi connectivity index (χ4v) is 4.16. The van der Waals surface area contributed by atoms with Gasteiger partial charge in [-0.2, -0.15) is 4.31 Å². The maximum atomic E-state index is 12.6. The van der Waals surface area contributed by atoms with Crippen molar-refractivity contribution in [2.75, 3.05) is 19.5 Å². The van der Waals surface area contributed by atoms with Crippen LogP contribution in [0.25, 0.3) is 0 Å². The van der Waals surface area contributed by atoms with Crippen LogP contribution < -0.4 is 4.74 Å². The van der Waals surface area contributed by atoms with Gasteiger partial charge in [0.25, 0.3) is 0 Å². The van der Waals surface area contributed by atoms with Gasteiger partial charge >= 0.3 is 0 Å². The van der Waals surface area contributed by atoms with Gasteiger partial charge in [-0.15, -0.1) is 11.6 Å². The Balaban J connectivity index is 2.10. The van der Waals surface area contributed by atoms with E-state index in [4.69, 9.17) is 16.3 Å². The Morgan fingerprint density at radius 1 is 1.19 bits per heavy atom. The van der Waals surface area contributed by atoms with Crippen molar-refractivity contribution in [3.8, 4) is 5.75 Å². The second kappa shape index (κ2) is 7.47. The van der Waals surface area contributed by atoms with E-state index in [2.05, 4.69) is 0 Å². The number of benzene rings is 1. The van der Waals surface area contributed by atoms with Crippen molar-refractivity contribution in [1.29, 1.82) is 0 Å². The summed E-state index contributed by atoms with van der Waals surface area (Å²) in [4.78, 5) is 0.314. The maximum absolute atomic E-state index is 12.6. The molecule has 0 aromatic heterocycles. The Morgan fingerprint density at radius 3 is 2.38 bits per heavy atom. The molecule has 118 valence electrons. The van der Waals surface area contributed by atoms with Gasteiger partial charge in [-0.05, 0) is 37.1 Å². The van der Waals surface area contributed by atoms with Crippen LogP contribution in [0, 0.1) is 0 Å². The summed E-state index contributed by atoms with van der Waals surface area (Å²) in [6.07, 6.45) is 5.32. The molecule has 0 unspecified atom stereocenters. The highest BCUT2D eigenvalue weighted by molar-refractivity contribution is 7.89. The van der Waals surface area contributed by atoms with Gasteiger partial charge in [0.15, 0.2) is 0 Å². The molecule has 1 aromatic rings. The first-order chi connectivity index (χ1) is 10.1. The summed E-state index contributed by atoms with van der Waals surface area (Å²) >= 11 is 5.56. The third-order valence-corrected chi connectivity index (χ3v) is 6.01. The molecule has 2 rings (SSSR count). The van der Waals surface area contributed by atoms with Crippen molar-refractivity contribution in [1.82, 2.24) is 4.31 Å². The third-order valence-electron chi connectivity index (χ3n) is 3.94. The van der Waals surface area contributed by atoms with Crippen LogP contribution in [0.1, 0.15) is 32.1 Å². The topological polar surface area (TPSA) is 46.6 Å². The molecule has 0 spiro atoms. The fourth-order valence-electron chi connectivity index (χ4n) is 2.67. The summed E-state index contributed by atoms with van der Waals surface area (Å²) in [5.41, 5.74) is 0. The molecule has 4 nitrogen and oxygen atoms in total. The Labute approximate surface area is 132 Å².